The van der Waals surface area contributed by atoms with Crippen molar-refractivity contribution >= 4 is 45.8 Å². The maximum absolute atomic E-state index is 12.9. The number of rotatable bonds is 5. The van der Waals surface area contributed by atoms with E-state index in [1.165, 1.54) is 0 Å². The third kappa shape index (κ3) is 4.24. The van der Waals surface area contributed by atoms with E-state index in [9.17, 15) is 14.4 Å². The van der Waals surface area contributed by atoms with Gasteiger partial charge >= 0.3 is 0 Å². The van der Waals surface area contributed by atoms with Crippen LogP contribution in [-0.2, 0) is 16.1 Å². The van der Waals surface area contributed by atoms with Gasteiger partial charge in [0, 0.05) is 40.9 Å². The van der Waals surface area contributed by atoms with E-state index in [4.69, 9.17) is 11.6 Å². The minimum Gasteiger partial charge on any atom is -0.341 e. The molecule has 6 nitrogen and oxygen atoms in total. The van der Waals surface area contributed by atoms with Gasteiger partial charge in [-0.05, 0) is 49.6 Å². The number of nitrogens with zero attached hydrogens (tertiary/aromatic N) is 2. The van der Waals surface area contributed by atoms with Gasteiger partial charge in [0.25, 0.3) is 11.7 Å². The molecule has 1 aromatic heterocycles. The summed E-state index contributed by atoms with van der Waals surface area (Å²) in [4.78, 5) is 40.0. The number of hydrogen-bond donors (Lipinski definition) is 1. The first-order valence-corrected chi connectivity index (χ1v) is 10.4. The van der Waals surface area contributed by atoms with Crippen LogP contribution in [0.1, 0.15) is 29.6 Å². The summed E-state index contributed by atoms with van der Waals surface area (Å²) in [6, 6.07) is 13.9. The average Bonchev–Trinajstić information content (AvgIpc) is 3.14. The molecule has 0 saturated carbocycles. The fraction of sp³-hybridized carbons (Fsp3) is 0.261. The highest BCUT2D eigenvalue weighted by atomic mass is 35.5. The first kappa shape index (κ1) is 20.2. The highest BCUT2D eigenvalue weighted by molar-refractivity contribution is 6.48. The largest absolute Gasteiger partial charge is 0.341 e. The number of Topliss-reactive ketones (excluding diaryl/α,β-unsaturated/α-hetero) is 1. The predicted molar refractivity (Wildman–Crippen MR) is 117 cm³/mol. The number of fused-ring (bicyclic) bond motifs is 1. The molecule has 1 N–H and O–H groups in total. The smallest absolute Gasteiger partial charge is 0.296 e. The van der Waals surface area contributed by atoms with Crippen molar-refractivity contribution in [1.82, 2.24) is 9.47 Å². The van der Waals surface area contributed by atoms with Gasteiger partial charge in [-0.2, -0.15) is 0 Å². The van der Waals surface area contributed by atoms with E-state index in [2.05, 4.69) is 5.32 Å². The van der Waals surface area contributed by atoms with Crippen molar-refractivity contribution in [2.45, 2.75) is 25.8 Å². The van der Waals surface area contributed by atoms with Crippen LogP contribution in [0.5, 0.6) is 0 Å². The molecule has 7 heteroatoms. The Balaban J connectivity index is 1.57. The van der Waals surface area contributed by atoms with Crippen molar-refractivity contribution in [3.8, 4) is 0 Å². The quantitative estimate of drug-likeness (QED) is 0.495. The van der Waals surface area contributed by atoms with Gasteiger partial charge in [-0.1, -0.05) is 29.8 Å². The highest BCUT2D eigenvalue weighted by Gasteiger charge is 2.23. The van der Waals surface area contributed by atoms with E-state index in [0.29, 0.717) is 16.1 Å². The van der Waals surface area contributed by atoms with Crippen molar-refractivity contribution in [3.05, 3.63) is 65.3 Å². The molecule has 3 aromatic rings. The van der Waals surface area contributed by atoms with Crippen molar-refractivity contribution < 1.29 is 14.4 Å². The predicted octanol–water partition coefficient (Wildman–Crippen LogP) is 4.13. The Labute approximate surface area is 179 Å². The van der Waals surface area contributed by atoms with Crippen LogP contribution in [0.2, 0.25) is 5.02 Å². The lowest BCUT2D eigenvalue weighted by Crippen LogP contribution is -2.37. The molecule has 2 amide bonds. The van der Waals surface area contributed by atoms with E-state index in [0.717, 1.165) is 37.9 Å². The number of benzene rings is 2. The number of anilines is 1. The maximum Gasteiger partial charge on any atom is 0.296 e. The number of carbonyl (C=O) groups excluding carboxylic acids is 3. The molecule has 0 bridgehead atoms. The summed E-state index contributed by atoms with van der Waals surface area (Å²) in [5.74, 6) is -1.35. The first-order valence-electron chi connectivity index (χ1n) is 10.00. The molecule has 0 spiro atoms. The second kappa shape index (κ2) is 8.71. The number of halogens is 1. The number of amides is 2. The standard InChI is InChI=1S/C23H22ClN3O3/c24-16-8-10-17(11-9-16)25-23(30)22(29)19-14-27(20-7-3-2-6-18(19)20)15-21(28)26-12-4-1-5-13-26/h2-3,6-11,14H,1,4-5,12-13,15H2,(H,25,30). The molecular formula is C23H22ClN3O3. The van der Waals surface area contributed by atoms with Crippen LogP contribution in [0.15, 0.2) is 54.7 Å². The molecule has 0 aliphatic carbocycles. The Morgan fingerprint density at radius 3 is 2.37 bits per heavy atom. The number of para-hydroxylation sites is 1. The maximum atomic E-state index is 12.9. The summed E-state index contributed by atoms with van der Waals surface area (Å²) < 4.78 is 1.76. The Morgan fingerprint density at radius 1 is 0.933 bits per heavy atom. The minimum atomic E-state index is -0.734. The Hall–Kier alpha value is -3.12. The molecule has 1 aliphatic heterocycles. The van der Waals surface area contributed by atoms with Gasteiger partial charge in [0.1, 0.15) is 6.54 Å². The third-order valence-corrected chi connectivity index (χ3v) is 5.61. The number of carbonyl (C=O) groups is 3. The van der Waals surface area contributed by atoms with Crippen LogP contribution >= 0.6 is 11.6 Å². The van der Waals surface area contributed by atoms with Gasteiger partial charge in [0.05, 0.1) is 5.56 Å². The summed E-state index contributed by atoms with van der Waals surface area (Å²) in [5, 5.41) is 3.80. The molecule has 0 radical (unpaired) electrons. The number of likely N-dealkylation sites (tertiary alicyclic amines) is 1. The molecule has 30 heavy (non-hydrogen) atoms. The van der Waals surface area contributed by atoms with Gasteiger partial charge in [0.2, 0.25) is 5.91 Å². The topological polar surface area (TPSA) is 71.4 Å². The lowest BCUT2D eigenvalue weighted by molar-refractivity contribution is -0.132. The van der Waals surface area contributed by atoms with Crippen LogP contribution in [-0.4, -0.2) is 40.2 Å². The lowest BCUT2D eigenvalue weighted by atomic mass is 10.1. The zero-order valence-corrected chi connectivity index (χ0v) is 17.2. The number of hydrogen-bond acceptors (Lipinski definition) is 3. The molecule has 0 unspecified atom stereocenters. The van der Waals surface area contributed by atoms with Crippen LogP contribution in [0, 0.1) is 0 Å². The number of nitrogens with one attached hydrogen (secondary N) is 1. The van der Waals surface area contributed by atoms with Gasteiger partial charge < -0.3 is 14.8 Å². The zero-order chi connectivity index (χ0) is 21.1. The Bertz CT molecular complexity index is 1100. The van der Waals surface area contributed by atoms with Gasteiger partial charge in [-0.3, -0.25) is 14.4 Å². The van der Waals surface area contributed by atoms with Crippen molar-refractivity contribution in [3.63, 3.8) is 0 Å². The van der Waals surface area contributed by atoms with E-state index in [-0.39, 0.29) is 18.0 Å². The summed E-state index contributed by atoms with van der Waals surface area (Å²) >= 11 is 5.86. The molecule has 1 aliphatic rings. The Kier molecular flexibility index (Phi) is 5.86. The SMILES string of the molecule is O=C(Nc1ccc(Cl)cc1)C(=O)c1cn(CC(=O)N2CCCCC2)c2ccccc12. The Morgan fingerprint density at radius 2 is 1.63 bits per heavy atom. The second-order valence-electron chi connectivity index (χ2n) is 7.42. The van der Waals surface area contributed by atoms with E-state index in [1.807, 2.05) is 23.1 Å². The summed E-state index contributed by atoms with van der Waals surface area (Å²) in [7, 11) is 0. The first-order chi connectivity index (χ1) is 14.5. The molecule has 154 valence electrons. The lowest BCUT2D eigenvalue weighted by Gasteiger charge is -2.27. The molecular weight excluding hydrogens is 402 g/mol. The summed E-state index contributed by atoms with van der Waals surface area (Å²) in [6.07, 6.45) is 4.80. The van der Waals surface area contributed by atoms with Crippen molar-refractivity contribution in [2.24, 2.45) is 0 Å². The second-order valence-corrected chi connectivity index (χ2v) is 7.86. The van der Waals surface area contributed by atoms with E-state index >= 15 is 0 Å². The number of piperidine rings is 1. The van der Waals surface area contributed by atoms with E-state index < -0.39 is 11.7 Å². The molecule has 2 heterocycles. The fourth-order valence-corrected chi connectivity index (χ4v) is 3.92. The van der Waals surface area contributed by atoms with Gasteiger partial charge in [0.15, 0.2) is 0 Å². The zero-order valence-electron chi connectivity index (χ0n) is 16.4. The third-order valence-electron chi connectivity index (χ3n) is 5.36. The van der Waals surface area contributed by atoms with Crippen LogP contribution in [0.25, 0.3) is 10.9 Å². The molecule has 1 fully saturated rings. The van der Waals surface area contributed by atoms with E-state index in [1.54, 1.807) is 41.1 Å². The van der Waals surface area contributed by atoms with Crippen LogP contribution in [0.4, 0.5) is 5.69 Å². The molecule has 0 atom stereocenters. The molecule has 4 rings (SSSR count). The average molecular weight is 424 g/mol. The van der Waals surface area contributed by atoms with Crippen LogP contribution < -0.4 is 5.32 Å². The number of aromatic nitrogens is 1. The summed E-state index contributed by atoms with van der Waals surface area (Å²) in [6.45, 7) is 1.69. The summed E-state index contributed by atoms with van der Waals surface area (Å²) in [5.41, 5.74) is 1.52. The molecule has 2 aromatic carbocycles. The molecule has 1 saturated heterocycles. The number of ketones is 1. The van der Waals surface area contributed by atoms with Crippen molar-refractivity contribution in [1.29, 1.82) is 0 Å². The monoisotopic (exact) mass is 423 g/mol. The highest BCUT2D eigenvalue weighted by Crippen LogP contribution is 2.23. The van der Waals surface area contributed by atoms with Gasteiger partial charge in [-0.15, -0.1) is 0 Å². The van der Waals surface area contributed by atoms with Gasteiger partial charge in [-0.25, -0.2) is 0 Å². The van der Waals surface area contributed by atoms with Crippen molar-refractivity contribution in [2.75, 3.05) is 18.4 Å². The minimum absolute atomic E-state index is 0.0278. The fourth-order valence-electron chi connectivity index (χ4n) is 3.79. The van der Waals surface area contributed by atoms with Crippen LogP contribution in [0.3, 0.4) is 0 Å². The normalized spacial score (nSPS) is 14.0.